The van der Waals surface area contributed by atoms with Gasteiger partial charge in [0.2, 0.25) is 5.82 Å². The van der Waals surface area contributed by atoms with Crippen LogP contribution in [0.2, 0.25) is 0 Å². The predicted molar refractivity (Wildman–Crippen MR) is 122 cm³/mol. The van der Waals surface area contributed by atoms with Crippen molar-refractivity contribution >= 4 is 5.70 Å². The van der Waals surface area contributed by atoms with Gasteiger partial charge >= 0.3 is 0 Å². The van der Waals surface area contributed by atoms with Crippen LogP contribution >= 0.6 is 0 Å². The van der Waals surface area contributed by atoms with E-state index in [0.29, 0.717) is 17.5 Å². The Morgan fingerprint density at radius 3 is 2.64 bits per heavy atom. The standard InChI is InChI=1S/C25H27N3O5/c1-25(24-26-23(32-28-24)17-7-6-10-19(13-17)29-2)15-20(27-33-25)16-11-12-21(30-3)22(14-16)31-18-8-4-5-9-18/h6-7,10-15,18,27H,4-5,8-9H2,1-3H3. The monoisotopic (exact) mass is 449 g/mol. The molecule has 0 amide bonds. The lowest BCUT2D eigenvalue weighted by Gasteiger charge is -2.17. The normalized spacial score (nSPS) is 20.4. The van der Waals surface area contributed by atoms with Crippen LogP contribution in [0.5, 0.6) is 17.2 Å². The highest BCUT2D eigenvalue weighted by Crippen LogP contribution is 2.38. The summed E-state index contributed by atoms with van der Waals surface area (Å²) >= 11 is 0. The molecule has 3 aromatic rings. The lowest BCUT2D eigenvalue weighted by Crippen LogP contribution is -2.24. The summed E-state index contributed by atoms with van der Waals surface area (Å²) in [6.45, 7) is 1.88. The van der Waals surface area contributed by atoms with Crippen LogP contribution in [0.4, 0.5) is 0 Å². The third-order valence-corrected chi connectivity index (χ3v) is 6.05. The Morgan fingerprint density at radius 2 is 1.85 bits per heavy atom. The molecule has 8 heteroatoms. The summed E-state index contributed by atoms with van der Waals surface area (Å²) < 4.78 is 22.5. The fraction of sp³-hybridized carbons (Fsp3) is 0.360. The van der Waals surface area contributed by atoms with Crippen molar-refractivity contribution in [1.82, 2.24) is 15.6 Å². The van der Waals surface area contributed by atoms with Crippen LogP contribution in [-0.4, -0.2) is 30.5 Å². The van der Waals surface area contributed by atoms with E-state index in [-0.39, 0.29) is 6.10 Å². The zero-order valence-electron chi connectivity index (χ0n) is 19.0. The van der Waals surface area contributed by atoms with Gasteiger partial charge in [-0.05, 0) is 75.1 Å². The highest BCUT2D eigenvalue weighted by atomic mass is 16.7. The minimum Gasteiger partial charge on any atom is -0.497 e. The number of nitrogens with zero attached hydrogens (tertiary/aromatic N) is 2. The fourth-order valence-corrected chi connectivity index (χ4v) is 4.17. The Bertz CT molecular complexity index is 1170. The molecule has 172 valence electrons. The van der Waals surface area contributed by atoms with Gasteiger partial charge in [0, 0.05) is 11.1 Å². The van der Waals surface area contributed by atoms with Crippen molar-refractivity contribution in [3.63, 3.8) is 0 Å². The molecule has 2 heterocycles. The minimum atomic E-state index is -0.900. The Morgan fingerprint density at radius 1 is 1.00 bits per heavy atom. The van der Waals surface area contributed by atoms with Crippen LogP contribution < -0.4 is 19.7 Å². The van der Waals surface area contributed by atoms with Crippen molar-refractivity contribution in [2.45, 2.75) is 44.3 Å². The molecule has 1 atom stereocenters. The van der Waals surface area contributed by atoms with Crippen LogP contribution in [0.1, 0.15) is 44.0 Å². The SMILES string of the molecule is COc1cccc(-c2nc(C3(C)C=C(c4ccc(OC)c(OC5CCCC5)c4)NO3)no2)c1. The third-order valence-electron chi connectivity index (χ3n) is 6.05. The molecule has 2 aromatic carbocycles. The number of hydrogen-bond acceptors (Lipinski definition) is 8. The molecule has 0 radical (unpaired) electrons. The average Bonchev–Trinajstić information content (AvgIpc) is 3.61. The molecule has 1 unspecified atom stereocenters. The fourth-order valence-electron chi connectivity index (χ4n) is 4.17. The molecule has 1 fully saturated rings. The van der Waals surface area contributed by atoms with E-state index in [1.165, 1.54) is 12.8 Å². The zero-order valence-corrected chi connectivity index (χ0v) is 19.0. The Labute approximate surface area is 192 Å². The van der Waals surface area contributed by atoms with Gasteiger partial charge in [0.25, 0.3) is 5.89 Å². The number of hydrogen-bond donors (Lipinski definition) is 1. The van der Waals surface area contributed by atoms with Gasteiger partial charge in [0.05, 0.1) is 26.0 Å². The minimum absolute atomic E-state index is 0.232. The van der Waals surface area contributed by atoms with Gasteiger partial charge in [-0.2, -0.15) is 4.98 Å². The van der Waals surface area contributed by atoms with Crippen molar-refractivity contribution in [1.29, 1.82) is 0 Å². The molecule has 0 saturated heterocycles. The molecular formula is C25H27N3O5. The molecule has 0 bridgehead atoms. The molecule has 2 aliphatic rings. The summed E-state index contributed by atoms with van der Waals surface area (Å²) in [7, 11) is 3.27. The van der Waals surface area contributed by atoms with Crippen molar-refractivity contribution in [2.24, 2.45) is 0 Å². The first-order valence-corrected chi connectivity index (χ1v) is 11.1. The topological polar surface area (TPSA) is 87.9 Å². The molecule has 0 spiro atoms. The summed E-state index contributed by atoms with van der Waals surface area (Å²) in [6.07, 6.45) is 6.72. The quantitative estimate of drug-likeness (QED) is 0.547. The van der Waals surface area contributed by atoms with E-state index in [9.17, 15) is 0 Å². The van der Waals surface area contributed by atoms with E-state index in [4.69, 9.17) is 23.6 Å². The van der Waals surface area contributed by atoms with Gasteiger partial charge in [-0.25, -0.2) is 0 Å². The summed E-state index contributed by atoms with van der Waals surface area (Å²) in [5.41, 5.74) is 4.60. The highest BCUT2D eigenvalue weighted by Gasteiger charge is 2.37. The lowest BCUT2D eigenvalue weighted by atomic mass is 10.0. The second-order valence-electron chi connectivity index (χ2n) is 8.41. The van der Waals surface area contributed by atoms with Crippen LogP contribution in [0, 0.1) is 0 Å². The van der Waals surface area contributed by atoms with Gasteiger partial charge in [-0.1, -0.05) is 11.2 Å². The lowest BCUT2D eigenvalue weighted by molar-refractivity contribution is -0.0319. The van der Waals surface area contributed by atoms with E-state index in [0.717, 1.165) is 41.2 Å². The van der Waals surface area contributed by atoms with Crippen molar-refractivity contribution < 1.29 is 23.6 Å². The molecule has 1 aliphatic carbocycles. The van der Waals surface area contributed by atoms with E-state index in [2.05, 4.69) is 15.6 Å². The summed E-state index contributed by atoms with van der Waals surface area (Å²) in [4.78, 5) is 10.5. The second-order valence-corrected chi connectivity index (χ2v) is 8.41. The summed E-state index contributed by atoms with van der Waals surface area (Å²) in [5, 5.41) is 4.16. The third kappa shape index (κ3) is 4.26. The number of aromatic nitrogens is 2. The Hall–Kier alpha value is -3.52. The van der Waals surface area contributed by atoms with Crippen LogP contribution in [0.25, 0.3) is 17.2 Å². The largest absolute Gasteiger partial charge is 0.497 e. The first-order chi connectivity index (χ1) is 16.1. The molecule has 1 aromatic heterocycles. The van der Waals surface area contributed by atoms with Gasteiger partial charge < -0.3 is 18.7 Å². The van der Waals surface area contributed by atoms with Gasteiger partial charge in [-0.3, -0.25) is 10.3 Å². The van der Waals surface area contributed by atoms with E-state index in [1.807, 2.05) is 55.5 Å². The van der Waals surface area contributed by atoms with Gasteiger partial charge in [0.15, 0.2) is 17.1 Å². The Kier molecular flexibility index (Phi) is 5.68. The van der Waals surface area contributed by atoms with Gasteiger partial charge in [0.1, 0.15) is 5.75 Å². The number of ether oxygens (including phenoxy) is 3. The second kappa shape index (κ2) is 8.78. The maximum Gasteiger partial charge on any atom is 0.258 e. The van der Waals surface area contributed by atoms with Crippen molar-refractivity contribution in [3.8, 4) is 28.7 Å². The van der Waals surface area contributed by atoms with Crippen LogP contribution in [-0.2, 0) is 10.4 Å². The maximum atomic E-state index is 6.23. The first kappa shape index (κ1) is 21.3. The summed E-state index contributed by atoms with van der Waals surface area (Å²) in [6, 6.07) is 13.3. The number of methoxy groups -OCH3 is 2. The number of benzene rings is 2. The average molecular weight is 450 g/mol. The number of nitrogens with one attached hydrogen (secondary N) is 1. The van der Waals surface area contributed by atoms with Crippen molar-refractivity contribution in [2.75, 3.05) is 14.2 Å². The van der Waals surface area contributed by atoms with Crippen LogP contribution in [0.3, 0.4) is 0 Å². The molecule has 1 saturated carbocycles. The highest BCUT2D eigenvalue weighted by molar-refractivity contribution is 5.68. The maximum absolute atomic E-state index is 6.23. The van der Waals surface area contributed by atoms with E-state index in [1.54, 1.807) is 14.2 Å². The molecule has 1 N–H and O–H groups in total. The van der Waals surface area contributed by atoms with Crippen LogP contribution in [0.15, 0.2) is 53.1 Å². The van der Waals surface area contributed by atoms with Crippen molar-refractivity contribution in [3.05, 3.63) is 59.9 Å². The summed E-state index contributed by atoms with van der Waals surface area (Å²) in [5.74, 6) is 2.98. The molecule has 33 heavy (non-hydrogen) atoms. The van der Waals surface area contributed by atoms with Gasteiger partial charge in [-0.15, -0.1) is 0 Å². The van der Waals surface area contributed by atoms with E-state index >= 15 is 0 Å². The molecular weight excluding hydrogens is 422 g/mol. The van der Waals surface area contributed by atoms with E-state index < -0.39 is 5.60 Å². The molecule has 5 rings (SSSR count). The number of rotatable bonds is 7. The zero-order chi connectivity index (χ0) is 22.8. The smallest absolute Gasteiger partial charge is 0.258 e. The Balaban J connectivity index is 1.40. The predicted octanol–water partition coefficient (Wildman–Crippen LogP) is 4.87. The number of hydroxylamine groups is 1. The molecule has 1 aliphatic heterocycles. The first-order valence-electron chi connectivity index (χ1n) is 11.1. The molecule has 8 nitrogen and oxygen atoms in total.